The third kappa shape index (κ3) is 2.22. The van der Waals surface area contributed by atoms with Crippen molar-refractivity contribution in [2.45, 2.75) is 25.8 Å². The zero-order valence-corrected chi connectivity index (χ0v) is 12.2. The van der Waals surface area contributed by atoms with Gasteiger partial charge in [-0.3, -0.25) is 0 Å². The molecule has 2 heterocycles. The fourth-order valence-corrected chi connectivity index (χ4v) is 3.90. The summed E-state index contributed by atoms with van der Waals surface area (Å²) in [6.45, 7) is 1.96. The molecule has 0 saturated carbocycles. The number of aryl methyl sites for hydroxylation is 2. The average Bonchev–Trinajstić information content (AvgIpc) is 2.83. The summed E-state index contributed by atoms with van der Waals surface area (Å²) in [6.07, 6.45) is 2.21. The van der Waals surface area contributed by atoms with Gasteiger partial charge in [-0.15, -0.1) is 11.3 Å². The lowest BCUT2D eigenvalue weighted by molar-refractivity contribution is 0.760. The molecule has 0 fully saturated rings. The zero-order valence-electron chi connectivity index (χ0n) is 9.84. The Kier molecular flexibility index (Phi) is 3.22. The van der Waals surface area contributed by atoms with Crippen LogP contribution in [0.15, 0.2) is 18.2 Å². The third-order valence-corrected chi connectivity index (χ3v) is 4.78. The van der Waals surface area contributed by atoms with E-state index in [0.717, 1.165) is 28.6 Å². The number of anilines is 1. The van der Waals surface area contributed by atoms with Crippen LogP contribution < -0.4 is 5.32 Å². The number of hydrogen-bond acceptors (Lipinski definition) is 3. The Balaban J connectivity index is 1.85. The van der Waals surface area contributed by atoms with Crippen molar-refractivity contribution in [3.8, 4) is 0 Å². The summed E-state index contributed by atoms with van der Waals surface area (Å²) >= 11 is 13.6. The van der Waals surface area contributed by atoms with Crippen LogP contribution in [0.25, 0.3) is 0 Å². The summed E-state index contributed by atoms with van der Waals surface area (Å²) in [7, 11) is 0. The van der Waals surface area contributed by atoms with E-state index in [-0.39, 0.29) is 0 Å². The van der Waals surface area contributed by atoms with Crippen LogP contribution >= 0.6 is 34.5 Å². The molecule has 0 aliphatic heterocycles. The molecule has 1 atom stereocenters. The molecule has 0 amide bonds. The molecule has 0 saturated heterocycles. The molecule has 1 N–H and O–H groups in total. The maximum absolute atomic E-state index is 6.06. The molecule has 5 heteroatoms. The van der Waals surface area contributed by atoms with Gasteiger partial charge in [0.2, 0.25) is 0 Å². The smallest absolute Gasteiger partial charge is 0.129 e. The predicted molar refractivity (Wildman–Crippen MR) is 78.0 cm³/mol. The monoisotopic (exact) mass is 298 g/mol. The van der Waals surface area contributed by atoms with E-state index in [4.69, 9.17) is 23.2 Å². The van der Waals surface area contributed by atoms with Crippen LogP contribution in [-0.2, 0) is 6.42 Å². The van der Waals surface area contributed by atoms with Crippen molar-refractivity contribution in [2.24, 2.45) is 0 Å². The Morgan fingerprint density at radius 3 is 3.00 bits per heavy atom. The second-order valence-electron chi connectivity index (χ2n) is 4.43. The van der Waals surface area contributed by atoms with Gasteiger partial charge in [0, 0.05) is 4.88 Å². The lowest BCUT2D eigenvalue weighted by atomic mass is 10.1. The molecule has 3 rings (SSSR count). The Morgan fingerprint density at radius 2 is 2.22 bits per heavy atom. The Bertz CT molecular complexity index is 595. The van der Waals surface area contributed by atoms with Crippen LogP contribution in [-0.4, -0.2) is 4.98 Å². The van der Waals surface area contributed by atoms with E-state index in [1.54, 1.807) is 11.3 Å². The van der Waals surface area contributed by atoms with Gasteiger partial charge in [-0.1, -0.05) is 23.2 Å². The molecule has 1 aliphatic rings. The van der Waals surface area contributed by atoms with E-state index < -0.39 is 0 Å². The SMILES string of the molecule is Cc1nc(Cl)ccc1NC1CCc2sc(Cl)cc21. The van der Waals surface area contributed by atoms with Gasteiger partial charge >= 0.3 is 0 Å². The standard InChI is InChI=1S/C13H12Cl2N2S/c1-7-9(3-5-12(14)16-7)17-10-2-4-11-8(10)6-13(15)18-11/h3,5-6,10,17H,2,4H2,1H3. The van der Waals surface area contributed by atoms with Gasteiger partial charge in [0.15, 0.2) is 0 Å². The molecule has 0 radical (unpaired) electrons. The van der Waals surface area contributed by atoms with Crippen molar-refractivity contribution in [2.75, 3.05) is 5.32 Å². The van der Waals surface area contributed by atoms with E-state index in [1.165, 1.54) is 10.4 Å². The summed E-state index contributed by atoms with van der Waals surface area (Å²) < 4.78 is 0.873. The number of aromatic nitrogens is 1. The molecule has 1 unspecified atom stereocenters. The highest BCUT2D eigenvalue weighted by Crippen LogP contribution is 2.41. The van der Waals surface area contributed by atoms with Crippen LogP contribution in [0.4, 0.5) is 5.69 Å². The van der Waals surface area contributed by atoms with Gasteiger partial charge in [-0.05, 0) is 43.5 Å². The number of fused-ring (bicyclic) bond motifs is 1. The first-order valence-corrected chi connectivity index (χ1v) is 7.38. The number of hydrogen-bond donors (Lipinski definition) is 1. The van der Waals surface area contributed by atoms with Gasteiger partial charge < -0.3 is 5.32 Å². The number of rotatable bonds is 2. The summed E-state index contributed by atoms with van der Waals surface area (Å²) in [5.74, 6) is 0. The van der Waals surface area contributed by atoms with E-state index >= 15 is 0 Å². The van der Waals surface area contributed by atoms with Crippen molar-refractivity contribution in [3.63, 3.8) is 0 Å². The van der Waals surface area contributed by atoms with Gasteiger partial charge in [0.25, 0.3) is 0 Å². The largest absolute Gasteiger partial charge is 0.377 e. The van der Waals surface area contributed by atoms with Crippen molar-refractivity contribution >= 4 is 40.2 Å². The van der Waals surface area contributed by atoms with E-state index in [9.17, 15) is 0 Å². The average molecular weight is 299 g/mol. The van der Waals surface area contributed by atoms with Crippen LogP contribution in [0.1, 0.15) is 28.6 Å². The summed E-state index contributed by atoms with van der Waals surface area (Å²) in [5, 5.41) is 4.06. The predicted octanol–water partition coefficient (Wildman–Crippen LogP) is 4.86. The third-order valence-electron chi connectivity index (χ3n) is 3.23. The van der Waals surface area contributed by atoms with Crippen LogP contribution in [0.3, 0.4) is 0 Å². The number of thiophene rings is 1. The number of nitrogens with zero attached hydrogens (tertiary/aromatic N) is 1. The first-order chi connectivity index (χ1) is 8.63. The van der Waals surface area contributed by atoms with E-state index in [1.807, 2.05) is 19.1 Å². The first-order valence-electron chi connectivity index (χ1n) is 5.81. The number of pyridine rings is 1. The zero-order chi connectivity index (χ0) is 12.7. The fourth-order valence-electron chi connectivity index (χ4n) is 2.35. The highest BCUT2D eigenvalue weighted by atomic mass is 35.5. The quantitative estimate of drug-likeness (QED) is 0.801. The molecule has 0 bridgehead atoms. The number of nitrogens with one attached hydrogen (secondary N) is 1. The van der Waals surface area contributed by atoms with Crippen LogP contribution in [0, 0.1) is 6.92 Å². The lowest BCUT2D eigenvalue weighted by Crippen LogP contribution is -2.08. The maximum Gasteiger partial charge on any atom is 0.129 e. The molecule has 1 aliphatic carbocycles. The lowest BCUT2D eigenvalue weighted by Gasteiger charge is -2.16. The topological polar surface area (TPSA) is 24.9 Å². The number of halogens is 2. The van der Waals surface area contributed by atoms with Gasteiger partial charge in [0.05, 0.1) is 21.8 Å². The second kappa shape index (κ2) is 4.72. The van der Waals surface area contributed by atoms with Crippen molar-refractivity contribution < 1.29 is 0 Å². The molecule has 94 valence electrons. The van der Waals surface area contributed by atoms with Crippen molar-refractivity contribution in [1.82, 2.24) is 4.98 Å². The van der Waals surface area contributed by atoms with Gasteiger partial charge in [-0.25, -0.2) is 4.98 Å². The Morgan fingerprint density at radius 1 is 1.39 bits per heavy atom. The van der Waals surface area contributed by atoms with Crippen LogP contribution in [0.5, 0.6) is 0 Å². The molecule has 0 spiro atoms. The van der Waals surface area contributed by atoms with Gasteiger partial charge in [0.1, 0.15) is 5.15 Å². The van der Waals surface area contributed by atoms with Gasteiger partial charge in [-0.2, -0.15) is 0 Å². The molecular weight excluding hydrogens is 287 g/mol. The first kappa shape index (κ1) is 12.3. The van der Waals surface area contributed by atoms with Crippen molar-refractivity contribution in [1.29, 1.82) is 0 Å². The highest BCUT2D eigenvalue weighted by Gasteiger charge is 2.25. The van der Waals surface area contributed by atoms with E-state index in [0.29, 0.717) is 11.2 Å². The molecular formula is C13H12Cl2N2S. The highest BCUT2D eigenvalue weighted by molar-refractivity contribution is 7.16. The summed E-state index contributed by atoms with van der Waals surface area (Å²) in [5.41, 5.74) is 3.30. The molecule has 18 heavy (non-hydrogen) atoms. The molecule has 2 aromatic heterocycles. The minimum atomic E-state index is 0.338. The van der Waals surface area contributed by atoms with Crippen LogP contribution in [0.2, 0.25) is 9.49 Å². The minimum Gasteiger partial charge on any atom is -0.377 e. The molecule has 2 aromatic rings. The normalized spacial score (nSPS) is 17.8. The van der Waals surface area contributed by atoms with Crippen molar-refractivity contribution in [3.05, 3.63) is 43.8 Å². The summed E-state index contributed by atoms with van der Waals surface area (Å²) in [6, 6.07) is 6.21. The second-order valence-corrected chi connectivity index (χ2v) is 6.59. The molecule has 2 nitrogen and oxygen atoms in total. The maximum atomic E-state index is 6.06. The van der Waals surface area contributed by atoms with E-state index in [2.05, 4.69) is 16.4 Å². The fraction of sp³-hybridized carbons (Fsp3) is 0.308. The molecule has 0 aromatic carbocycles. The summed E-state index contributed by atoms with van der Waals surface area (Å²) in [4.78, 5) is 5.66. The minimum absolute atomic E-state index is 0.338. The Labute approximate surface area is 120 Å². The Hall–Kier alpha value is -0.770.